The Balaban J connectivity index is 2.48. The molecule has 0 radical (unpaired) electrons. The zero-order valence-corrected chi connectivity index (χ0v) is 13.8. The molecular formula is C16H20N2O2S. The molecule has 1 saturated heterocycles. The summed E-state index contributed by atoms with van der Waals surface area (Å²) >= 11 is 5.08. The minimum Gasteiger partial charge on any atom is -0.496 e. The summed E-state index contributed by atoms with van der Waals surface area (Å²) in [5.74, 6) is 1.11. The Labute approximate surface area is 130 Å². The van der Waals surface area contributed by atoms with Crippen molar-refractivity contribution in [1.29, 1.82) is 0 Å². The third-order valence-corrected chi connectivity index (χ3v) is 4.00. The van der Waals surface area contributed by atoms with Crippen molar-refractivity contribution in [3.63, 3.8) is 0 Å². The lowest BCUT2D eigenvalue weighted by molar-refractivity contribution is -0.121. The van der Waals surface area contributed by atoms with Crippen LogP contribution in [0.25, 0.3) is 6.08 Å². The third kappa shape index (κ3) is 2.93. The Kier molecular flexibility index (Phi) is 4.32. The first-order valence-electron chi connectivity index (χ1n) is 6.84. The van der Waals surface area contributed by atoms with E-state index < -0.39 is 0 Å². The molecule has 4 nitrogen and oxygen atoms in total. The normalized spacial score (nSPS) is 16.9. The first-order valence-corrected chi connectivity index (χ1v) is 7.25. The number of hydrogen-bond acceptors (Lipinski definition) is 3. The molecule has 0 unspecified atom stereocenters. The van der Waals surface area contributed by atoms with Gasteiger partial charge >= 0.3 is 0 Å². The van der Waals surface area contributed by atoms with E-state index in [-0.39, 0.29) is 5.91 Å². The molecule has 5 heteroatoms. The summed E-state index contributed by atoms with van der Waals surface area (Å²) in [5.41, 5.74) is 3.68. The highest BCUT2D eigenvalue weighted by Gasteiger charge is 2.27. The van der Waals surface area contributed by atoms with Crippen LogP contribution in [0.1, 0.15) is 36.5 Å². The average Bonchev–Trinajstić information content (AvgIpc) is 2.67. The summed E-state index contributed by atoms with van der Waals surface area (Å²) < 4.78 is 5.44. The van der Waals surface area contributed by atoms with Gasteiger partial charge in [-0.3, -0.25) is 9.69 Å². The van der Waals surface area contributed by atoms with Gasteiger partial charge in [-0.2, -0.15) is 0 Å². The molecule has 0 atom stereocenters. The maximum Gasteiger partial charge on any atom is 0.276 e. The SMILES string of the molecule is COc1cc(C)c(/C=C2/NC(=S)N(C)C2=O)cc1C(C)C. The van der Waals surface area contributed by atoms with Gasteiger partial charge in [-0.1, -0.05) is 13.8 Å². The highest BCUT2D eigenvalue weighted by atomic mass is 32.1. The van der Waals surface area contributed by atoms with Crippen molar-refractivity contribution in [2.45, 2.75) is 26.7 Å². The van der Waals surface area contributed by atoms with Crippen LogP contribution >= 0.6 is 12.2 Å². The largest absolute Gasteiger partial charge is 0.496 e. The second-order valence-corrected chi connectivity index (χ2v) is 5.84. The molecule has 0 saturated carbocycles. The zero-order chi connectivity index (χ0) is 15.7. The molecule has 1 aliphatic heterocycles. The fraction of sp³-hybridized carbons (Fsp3) is 0.375. The number of aryl methyl sites for hydroxylation is 1. The van der Waals surface area contributed by atoms with E-state index in [9.17, 15) is 4.79 Å². The summed E-state index contributed by atoms with van der Waals surface area (Å²) in [5, 5.41) is 3.38. The quantitative estimate of drug-likeness (QED) is 0.689. The number of ether oxygens (including phenoxy) is 1. The van der Waals surface area contributed by atoms with E-state index in [0.29, 0.717) is 16.7 Å². The molecule has 1 aliphatic rings. The number of carbonyl (C=O) groups is 1. The molecule has 1 amide bonds. The topological polar surface area (TPSA) is 41.6 Å². The fourth-order valence-corrected chi connectivity index (χ4v) is 2.47. The van der Waals surface area contributed by atoms with E-state index in [4.69, 9.17) is 17.0 Å². The van der Waals surface area contributed by atoms with Crippen molar-refractivity contribution >= 4 is 29.3 Å². The lowest BCUT2D eigenvalue weighted by Crippen LogP contribution is -2.25. The van der Waals surface area contributed by atoms with Crippen molar-refractivity contribution in [2.24, 2.45) is 0 Å². The molecule has 1 aromatic rings. The zero-order valence-electron chi connectivity index (χ0n) is 13.0. The van der Waals surface area contributed by atoms with E-state index in [1.807, 2.05) is 19.1 Å². The van der Waals surface area contributed by atoms with Crippen LogP contribution in [0, 0.1) is 6.92 Å². The molecule has 2 rings (SSSR count). The van der Waals surface area contributed by atoms with Gasteiger partial charge in [-0.25, -0.2) is 0 Å². The maximum absolute atomic E-state index is 12.1. The molecule has 0 bridgehead atoms. The van der Waals surface area contributed by atoms with Gasteiger partial charge in [0.15, 0.2) is 5.11 Å². The molecule has 0 aromatic heterocycles. The summed E-state index contributed by atoms with van der Waals surface area (Å²) in [6, 6.07) is 4.07. The highest BCUT2D eigenvalue weighted by molar-refractivity contribution is 7.80. The average molecular weight is 304 g/mol. The van der Waals surface area contributed by atoms with E-state index in [0.717, 1.165) is 22.4 Å². The standard InChI is InChI=1S/C16H20N2O2S/c1-9(2)12-7-11(10(3)6-14(12)20-5)8-13-15(19)18(4)16(21)17-13/h6-9H,1-5H3,(H,17,21)/b13-8+. The van der Waals surface area contributed by atoms with Crippen LogP contribution in [0.5, 0.6) is 5.75 Å². The lowest BCUT2D eigenvalue weighted by Gasteiger charge is -2.15. The fourth-order valence-electron chi connectivity index (χ4n) is 2.28. The Morgan fingerprint density at radius 3 is 2.52 bits per heavy atom. The Hall–Kier alpha value is -1.88. The second-order valence-electron chi connectivity index (χ2n) is 5.46. The van der Waals surface area contributed by atoms with E-state index in [1.54, 1.807) is 14.2 Å². The van der Waals surface area contributed by atoms with Gasteiger partial charge in [0.25, 0.3) is 5.91 Å². The second kappa shape index (κ2) is 5.85. The van der Waals surface area contributed by atoms with Crippen LogP contribution in [0.2, 0.25) is 0 Å². The van der Waals surface area contributed by atoms with Crippen LogP contribution in [0.15, 0.2) is 17.8 Å². The predicted octanol–water partition coefficient (Wildman–Crippen LogP) is 2.81. The van der Waals surface area contributed by atoms with Crippen molar-refractivity contribution in [3.05, 3.63) is 34.5 Å². The van der Waals surface area contributed by atoms with Gasteiger partial charge in [0.1, 0.15) is 11.4 Å². The predicted molar refractivity (Wildman–Crippen MR) is 88.3 cm³/mol. The van der Waals surface area contributed by atoms with Crippen LogP contribution in [-0.4, -0.2) is 30.1 Å². The number of rotatable bonds is 3. The van der Waals surface area contributed by atoms with Gasteiger partial charge in [-0.15, -0.1) is 0 Å². The van der Waals surface area contributed by atoms with E-state index in [2.05, 4.69) is 25.2 Å². The number of thiocarbonyl (C=S) groups is 1. The summed E-state index contributed by atoms with van der Waals surface area (Å²) in [6.45, 7) is 6.23. The monoisotopic (exact) mass is 304 g/mol. The van der Waals surface area contributed by atoms with Gasteiger partial charge < -0.3 is 10.1 Å². The van der Waals surface area contributed by atoms with Gasteiger partial charge in [0, 0.05) is 7.05 Å². The Bertz CT molecular complexity index is 635. The van der Waals surface area contributed by atoms with Crippen molar-refractivity contribution < 1.29 is 9.53 Å². The molecule has 0 aliphatic carbocycles. The highest BCUT2D eigenvalue weighted by Crippen LogP contribution is 2.30. The first-order chi connectivity index (χ1) is 9.85. The number of likely N-dealkylation sites (N-methyl/N-ethyl adjacent to an activating group) is 1. The van der Waals surface area contributed by atoms with Crippen molar-refractivity contribution in [3.8, 4) is 5.75 Å². The molecule has 21 heavy (non-hydrogen) atoms. The Morgan fingerprint density at radius 1 is 1.38 bits per heavy atom. The molecular weight excluding hydrogens is 284 g/mol. The van der Waals surface area contributed by atoms with Gasteiger partial charge in [0.2, 0.25) is 0 Å². The number of amides is 1. The van der Waals surface area contributed by atoms with Crippen molar-refractivity contribution in [2.75, 3.05) is 14.2 Å². The van der Waals surface area contributed by atoms with Gasteiger partial charge in [-0.05, 0) is 60.0 Å². The van der Waals surface area contributed by atoms with Crippen LogP contribution in [0.3, 0.4) is 0 Å². The van der Waals surface area contributed by atoms with E-state index >= 15 is 0 Å². The van der Waals surface area contributed by atoms with Crippen molar-refractivity contribution in [1.82, 2.24) is 10.2 Å². The van der Waals surface area contributed by atoms with Crippen LogP contribution in [0.4, 0.5) is 0 Å². The molecule has 1 aromatic carbocycles. The summed E-state index contributed by atoms with van der Waals surface area (Å²) in [6.07, 6.45) is 1.85. The Morgan fingerprint density at radius 2 is 2.05 bits per heavy atom. The number of hydrogen-bond donors (Lipinski definition) is 1. The number of methoxy groups -OCH3 is 1. The first kappa shape index (κ1) is 15.5. The third-order valence-electron chi connectivity index (χ3n) is 3.62. The summed E-state index contributed by atoms with van der Waals surface area (Å²) in [4.78, 5) is 13.5. The number of benzene rings is 1. The number of nitrogens with one attached hydrogen (secondary N) is 1. The lowest BCUT2D eigenvalue weighted by atomic mass is 9.96. The summed E-state index contributed by atoms with van der Waals surface area (Å²) in [7, 11) is 3.34. The van der Waals surface area contributed by atoms with Crippen LogP contribution in [-0.2, 0) is 4.79 Å². The smallest absolute Gasteiger partial charge is 0.276 e. The molecule has 1 fully saturated rings. The molecule has 0 spiro atoms. The number of nitrogens with zero attached hydrogens (tertiary/aromatic N) is 1. The minimum absolute atomic E-state index is 0.110. The van der Waals surface area contributed by atoms with E-state index in [1.165, 1.54) is 4.90 Å². The molecule has 1 heterocycles. The van der Waals surface area contributed by atoms with Gasteiger partial charge in [0.05, 0.1) is 7.11 Å². The maximum atomic E-state index is 12.1. The minimum atomic E-state index is -0.110. The number of carbonyl (C=O) groups excluding carboxylic acids is 1. The molecule has 112 valence electrons. The molecule has 1 N–H and O–H groups in total. The van der Waals surface area contributed by atoms with Crippen LogP contribution < -0.4 is 10.1 Å².